The number of imidazole rings is 1. The molecule has 1 saturated heterocycles. The number of aryl methyl sites for hydroxylation is 1. The molecule has 0 amide bonds. The van der Waals surface area contributed by atoms with Crippen LogP contribution in [0.4, 0.5) is 5.69 Å². The predicted octanol–water partition coefficient (Wildman–Crippen LogP) is 3.77. The van der Waals surface area contributed by atoms with Crippen LogP contribution in [0.15, 0.2) is 42.7 Å². The molecule has 0 saturated carbocycles. The minimum absolute atomic E-state index is 0.447. The quantitative estimate of drug-likeness (QED) is 0.702. The molecule has 1 fully saturated rings. The highest BCUT2D eigenvalue weighted by Gasteiger charge is 2.26. The number of rotatable bonds is 5. The van der Waals surface area contributed by atoms with E-state index in [1.54, 1.807) is 7.11 Å². The number of benzene rings is 1. The Bertz CT molecular complexity index is 889. The van der Waals surface area contributed by atoms with Gasteiger partial charge >= 0.3 is 0 Å². The van der Waals surface area contributed by atoms with Gasteiger partial charge in [-0.2, -0.15) is 0 Å². The van der Waals surface area contributed by atoms with E-state index < -0.39 is 0 Å². The lowest BCUT2D eigenvalue weighted by atomic mass is 9.96. The first kappa shape index (κ1) is 17.0. The smallest absolute Gasteiger partial charge is 0.113 e. The fourth-order valence-corrected chi connectivity index (χ4v) is 4.01. The third kappa shape index (κ3) is 3.31. The molecule has 0 aliphatic carbocycles. The van der Waals surface area contributed by atoms with Crippen LogP contribution in [0.1, 0.15) is 30.3 Å². The summed E-state index contributed by atoms with van der Waals surface area (Å²) in [6.07, 6.45) is 6.34. The first-order valence-electron chi connectivity index (χ1n) is 9.37. The van der Waals surface area contributed by atoms with Crippen LogP contribution < -0.4 is 4.90 Å². The SMILES string of the molecule is COCCn1ccnc1[C@@H]1CCCN(c2cc(C)nc3ccccc23)C1. The number of aromatic nitrogens is 3. The molecular formula is C21H26N4O. The van der Waals surface area contributed by atoms with Crippen LogP contribution in [0.25, 0.3) is 10.9 Å². The zero-order chi connectivity index (χ0) is 17.9. The number of para-hydroxylation sites is 1. The van der Waals surface area contributed by atoms with E-state index in [0.29, 0.717) is 12.5 Å². The first-order chi connectivity index (χ1) is 12.8. The average Bonchev–Trinajstić information content (AvgIpc) is 3.14. The van der Waals surface area contributed by atoms with Gasteiger partial charge in [0, 0.05) is 61.8 Å². The molecule has 0 spiro atoms. The van der Waals surface area contributed by atoms with Gasteiger partial charge in [-0.1, -0.05) is 18.2 Å². The average molecular weight is 350 g/mol. The maximum atomic E-state index is 5.24. The Morgan fingerprint density at radius 2 is 2.15 bits per heavy atom. The third-order valence-electron chi connectivity index (χ3n) is 5.23. The molecule has 1 atom stereocenters. The van der Waals surface area contributed by atoms with Gasteiger partial charge in [-0.15, -0.1) is 0 Å². The standard InChI is InChI=1S/C21H26N4O/c1-16-14-20(18-7-3-4-8-19(18)23-16)25-10-5-6-17(15-25)21-22-9-11-24(21)12-13-26-2/h3-4,7-9,11,14,17H,5-6,10,12-13,15H2,1-2H3/t17-/m1/s1. The van der Waals surface area contributed by atoms with Crippen LogP contribution in [0.2, 0.25) is 0 Å². The molecule has 2 aromatic heterocycles. The van der Waals surface area contributed by atoms with Gasteiger partial charge in [0.25, 0.3) is 0 Å². The molecule has 3 heterocycles. The van der Waals surface area contributed by atoms with Crippen LogP contribution >= 0.6 is 0 Å². The summed E-state index contributed by atoms with van der Waals surface area (Å²) in [6.45, 7) is 5.74. The lowest BCUT2D eigenvalue weighted by Crippen LogP contribution is -2.35. The fraction of sp³-hybridized carbons (Fsp3) is 0.429. The summed E-state index contributed by atoms with van der Waals surface area (Å²) in [5, 5.41) is 1.24. The van der Waals surface area contributed by atoms with E-state index in [2.05, 4.69) is 57.9 Å². The molecule has 5 heteroatoms. The van der Waals surface area contributed by atoms with Gasteiger partial charge in [0.05, 0.1) is 12.1 Å². The monoisotopic (exact) mass is 350 g/mol. The number of hydrogen-bond donors (Lipinski definition) is 0. The molecule has 0 unspecified atom stereocenters. The Morgan fingerprint density at radius 1 is 1.27 bits per heavy atom. The molecule has 136 valence electrons. The predicted molar refractivity (Wildman–Crippen MR) is 105 cm³/mol. The molecule has 1 aliphatic rings. The Morgan fingerprint density at radius 3 is 3.04 bits per heavy atom. The Kier molecular flexibility index (Phi) is 4.89. The van der Waals surface area contributed by atoms with Crippen molar-refractivity contribution in [3.8, 4) is 0 Å². The number of anilines is 1. The number of hydrogen-bond acceptors (Lipinski definition) is 4. The minimum atomic E-state index is 0.447. The third-order valence-corrected chi connectivity index (χ3v) is 5.23. The molecule has 0 radical (unpaired) electrons. The van der Waals surface area contributed by atoms with Gasteiger partial charge < -0.3 is 14.2 Å². The number of fused-ring (bicyclic) bond motifs is 1. The zero-order valence-corrected chi connectivity index (χ0v) is 15.6. The van der Waals surface area contributed by atoms with Crippen molar-refractivity contribution in [1.82, 2.24) is 14.5 Å². The molecule has 26 heavy (non-hydrogen) atoms. The van der Waals surface area contributed by atoms with Gasteiger partial charge in [0.2, 0.25) is 0 Å². The van der Waals surface area contributed by atoms with E-state index in [1.165, 1.54) is 29.7 Å². The van der Waals surface area contributed by atoms with Crippen molar-refractivity contribution >= 4 is 16.6 Å². The Balaban J connectivity index is 1.63. The van der Waals surface area contributed by atoms with Crippen LogP contribution in [0.3, 0.4) is 0 Å². The fourth-order valence-electron chi connectivity index (χ4n) is 4.01. The summed E-state index contributed by atoms with van der Waals surface area (Å²) in [6, 6.07) is 10.7. The zero-order valence-electron chi connectivity index (χ0n) is 15.6. The maximum absolute atomic E-state index is 5.24. The van der Waals surface area contributed by atoms with E-state index >= 15 is 0 Å². The molecule has 4 rings (SSSR count). The van der Waals surface area contributed by atoms with Crippen molar-refractivity contribution in [3.05, 3.63) is 54.2 Å². The summed E-state index contributed by atoms with van der Waals surface area (Å²) >= 11 is 0. The van der Waals surface area contributed by atoms with Crippen molar-refractivity contribution < 1.29 is 4.74 Å². The van der Waals surface area contributed by atoms with Crippen molar-refractivity contribution in [3.63, 3.8) is 0 Å². The van der Waals surface area contributed by atoms with E-state index in [-0.39, 0.29) is 0 Å². The minimum Gasteiger partial charge on any atom is -0.383 e. The van der Waals surface area contributed by atoms with Gasteiger partial charge in [-0.3, -0.25) is 4.98 Å². The van der Waals surface area contributed by atoms with Crippen LogP contribution in [0, 0.1) is 6.92 Å². The lowest BCUT2D eigenvalue weighted by molar-refractivity contribution is 0.185. The highest BCUT2D eigenvalue weighted by molar-refractivity contribution is 5.92. The van der Waals surface area contributed by atoms with Crippen molar-refractivity contribution in [2.24, 2.45) is 0 Å². The van der Waals surface area contributed by atoms with Gasteiger partial charge in [-0.05, 0) is 31.9 Å². The molecule has 0 N–H and O–H groups in total. The summed E-state index contributed by atoms with van der Waals surface area (Å²) < 4.78 is 7.49. The lowest BCUT2D eigenvalue weighted by Gasteiger charge is -2.35. The van der Waals surface area contributed by atoms with E-state index in [4.69, 9.17) is 9.72 Å². The van der Waals surface area contributed by atoms with Gasteiger partial charge in [0.1, 0.15) is 5.82 Å². The second kappa shape index (κ2) is 7.46. The van der Waals surface area contributed by atoms with E-state index in [1.807, 2.05) is 6.20 Å². The summed E-state index contributed by atoms with van der Waals surface area (Å²) in [5.74, 6) is 1.63. The number of ether oxygens (including phenoxy) is 1. The Hall–Kier alpha value is -2.40. The number of nitrogens with zero attached hydrogens (tertiary/aromatic N) is 4. The van der Waals surface area contributed by atoms with Crippen molar-refractivity contribution in [1.29, 1.82) is 0 Å². The topological polar surface area (TPSA) is 43.2 Å². The van der Waals surface area contributed by atoms with Crippen LogP contribution in [-0.2, 0) is 11.3 Å². The normalized spacial score (nSPS) is 17.8. The Labute approximate surface area is 154 Å². The van der Waals surface area contributed by atoms with Crippen molar-refractivity contribution in [2.75, 3.05) is 31.7 Å². The van der Waals surface area contributed by atoms with Crippen LogP contribution in [-0.4, -0.2) is 41.3 Å². The van der Waals surface area contributed by atoms with E-state index in [0.717, 1.165) is 30.8 Å². The second-order valence-corrected chi connectivity index (χ2v) is 7.06. The molecule has 3 aromatic rings. The van der Waals surface area contributed by atoms with E-state index in [9.17, 15) is 0 Å². The highest BCUT2D eigenvalue weighted by Crippen LogP contribution is 2.33. The molecule has 5 nitrogen and oxygen atoms in total. The molecule has 1 aromatic carbocycles. The van der Waals surface area contributed by atoms with Gasteiger partial charge in [-0.25, -0.2) is 4.98 Å². The second-order valence-electron chi connectivity index (χ2n) is 7.06. The molecule has 1 aliphatic heterocycles. The summed E-state index contributed by atoms with van der Waals surface area (Å²) in [7, 11) is 1.75. The summed E-state index contributed by atoms with van der Waals surface area (Å²) in [5.41, 5.74) is 3.45. The highest BCUT2D eigenvalue weighted by atomic mass is 16.5. The van der Waals surface area contributed by atoms with Crippen molar-refractivity contribution in [2.45, 2.75) is 32.2 Å². The molecular weight excluding hydrogens is 324 g/mol. The molecule has 0 bridgehead atoms. The van der Waals surface area contributed by atoms with Crippen LogP contribution in [0.5, 0.6) is 0 Å². The maximum Gasteiger partial charge on any atom is 0.113 e. The largest absolute Gasteiger partial charge is 0.383 e. The van der Waals surface area contributed by atoms with Gasteiger partial charge in [0.15, 0.2) is 0 Å². The number of methoxy groups -OCH3 is 1. The summed E-state index contributed by atoms with van der Waals surface area (Å²) in [4.78, 5) is 11.9. The first-order valence-corrected chi connectivity index (χ1v) is 9.37. The number of pyridine rings is 1. The number of piperidine rings is 1.